The van der Waals surface area contributed by atoms with E-state index in [-0.39, 0.29) is 12.1 Å². The second kappa shape index (κ2) is 7.21. The first-order valence-corrected chi connectivity index (χ1v) is 8.35. The van der Waals surface area contributed by atoms with Crippen molar-refractivity contribution in [3.63, 3.8) is 0 Å². The Balaban J connectivity index is 1.98. The van der Waals surface area contributed by atoms with E-state index in [1.54, 1.807) is 20.9 Å². The van der Waals surface area contributed by atoms with Gasteiger partial charge in [-0.2, -0.15) is 0 Å². The molecule has 0 radical (unpaired) electrons. The summed E-state index contributed by atoms with van der Waals surface area (Å²) < 4.78 is 0. The van der Waals surface area contributed by atoms with Crippen LogP contribution in [0.15, 0.2) is 24.3 Å². The minimum absolute atomic E-state index is 0.0747. The summed E-state index contributed by atoms with van der Waals surface area (Å²) >= 11 is 0. The molecule has 1 aliphatic rings. The number of likely N-dealkylation sites (N-methyl/N-ethyl adjacent to an activating group) is 1. The number of rotatable bonds is 5. The summed E-state index contributed by atoms with van der Waals surface area (Å²) in [4.78, 5) is 16.1. The first-order valence-electron chi connectivity index (χ1n) is 8.35. The van der Waals surface area contributed by atoms with Crippen LogP contribution in [-0.4, -0.2) is 48.3 Å². The van der Waals surface area contributed by atoms with Crippen LogP contribution in [0.25, 0.3) is 0 Å². The fraction of sp³-hybridized carbons (Fsp3) is 0.611. The summed E-state index contributed by atoms with van der Waals surface area (Å²) in [6, 6.07) is 8.13. The van der Waals surface area contributed by atoms with Gasteiger partial charge in [-0.05, 0) is 51.3 Å². The van der Waals surface area contributed by atoms with Crippen LogP contribution in [0.3, 0.4) is 0 Å². The lowest BCUT2D eigenvalue weighted by atomic mass is 10.1. The van der Waals surface area contributed by atoms with Crippen molar-refractivity contribution in [3.8, 4) is 0 Å². The second-order valence-corrected chi connectivity index (χ2v) is 7.13. The van der Waals surface area contributed by atoms with Crippen molar-refractivity contribution < 1.29 is 9.90 Å². The normalized spacial score (nSPS) is 16.3. The van der Waals surface area contributed by atoms with Crippen LogP contribution in [0.2, 0.25) is 0 Å². The highest BCUT2D eigenvalue weighted by molar-refractivity contribution is 5.74. The molecule has 23 heavy (non-hydrogen) atoms. The van der Waals surface area contributed by atoms with E-state index in [9.17, 15) is 9.90 Å². The van der Waals surface area contributed by atoms with Crippen LogP contribution in [-0.2, 0) is 0 Å². The lowest BCUT2D eigenvalue weighted by Gasteiger charge is -2.27. The van der Waals surface area contributed by atoms with Gasteiger partial charge in [0.25, 0.3) is 0 Å². The maximum Gasteiger partial charge on any atom is 0.317 e. The van der Waals surface area contributed by atoms with E-state index in [0.29, 0.717) is 6.54 Å². The Hall–Kier alpha value is -1.75. The summed E-state index contributed by atoms with van der Waals surface area (Å²) in [5.74, 6) is 0. The highest BCUT2D eigenvalue weighted by Gasteiger charge is 2.21. The molecule has 1 saturated heterocycles. The molecule has 1 fully saturated rings. The number of carbonyl (C=O) groups is 1. The standard InChI is InChI=1S/C18H29N3O2/c1-14(19-17(22)20(4)13-18(2,3)23)15-8-7-9-16(12-15)21-10-5-6-11-21/h7-9,12,14,23H,5-6,10-11,13H2,1-4H3,(H,19,22). The van der Waals surface area contributed by atoms with E-state index in [1.165, 1.54) is 23.4 Å². The number of urea groups is 1. The van der Waals surface area contributed by atoms with Gasteiger partial charge in [0, 0.05) is 25.8 Å². The third-order valence-corrected chi connectivity index (χ3v) is 4.15. The summed E-state index contributed by atoms with van der Waals surface area (Å²) in [7, 11) is 1.70. The Morgan fingerprint density at radius 1 is 1.39 bits per heavy atom. The fourth-order valence-electron chi connectivity index (χ4n) is 3.00. The van der Waals surface area contributed by atoms with E-state index in [1.807, 2.05) is 19.1 Å². The van der Waals surface area contributed by atoms with Gasteiger partial charge in [0.05, 0.1) is 18.2 Å². The Labute approximate surface area is 139 Å². The molecule has 2 N–H and O–H groups in total. The largest absolute Gasteiger partial charge is 0.389 e. The van der Waals surface area contributed by atoms with Gasteiger partial charge in [0.15, 0.2) is 0 Å². The van der Waals surface area contributed by atoms with Crippen LogP contribution in [0, 0.1) is 0 Å². The summed E-state index contributed by atoms with van der Waals surface area (Å²) in [6.07, 6.45) is 2.50. The summed E-state index contributed by atoms with van der Waals surface area (Å²) in [6.45, 7) is 7.88. The molecule has 2 rings (SSSR count). The molecule has 0 aromatic heterocycles. The number of carbonyl (C=O) groups excluding carboxylic acids is 1. The SMILES string of the molecule is CC(NC(=O)N(C)CC(C)(C)O)c1cccc(N2CCCC2)c1. The molecule has 128 valence electrons. The molecule has 0 bridgehead atoms. The zero-order valence-electron chi connectivity index (χ0n) is 14.7. The minimum Gasteiger partial charge on any atom is -0.389 e. The van der Waals surface area contributed by atoms with Crippen LogP contribution in [0.5, 0.6) is 0 Å². The number of hydrogen-bond acceptors (Lipinski definition) is 3. The van der Waals surface area contributed by atoms with Crippen molar-refractivity contribution in [2.45, 2.75) is 45.3 Å². The summed E-state index contributed by atoms with van der Waals surface area (Å²) in [5.41, 5.74) is 1.43. The molecule has 0 saturated carbocycles. The molecular formula is C18H29N3O2. The molecule has 1 aromatic carbocycles. The van der Waals surface area contributed by atoms with E-state index in [4.69, 9.17) is 0 Å². The first-order chi connectivity index (χ1) is 10.8. The minimum atomic E-state index is -0.898. The molecule has 1 atom stereocenters. The van der Waals surface area contributed by atoms with E-state index >= 15 is 0 Å². The predicted molar refractivity (Wildman–Crippen MR) is 93.8 cm³/mol. The van der Waals surface area contributed by atoms with Crippen molar-refractivity contribution in [1.82, 2.24) is 10.2 Å². The smallest absolute Gasteiger partial charge is 0.317 e. The van der Waals surface area contributed by atoms with Crippen LogP contribution in [0.4, 0.5) is 10.5 Å². The van der Waals surface area contributed by atoms with Gasteiger partial charge >= 0.3 is 6.03 Å². The number of benzene rings is 1. The van der Waals surface area contributed by atoms with Crippen molar-refractivity contribution in [2.24, 2.45) is 0 Å². The zero-order valence-corrected chi connectivity index (χ0v) is 14.7. The van der Waals surface area contributed by atoms with E-state index < -0.39 is 5.60 Å². The molecular weight excluding hydrogens is 290 g/mol. The van der Waals surface area contributed by atoms with Crippen LogP contribution < -0.4 is 10.2 Å². The van der Waals surface area contributed by atoms with Crippen LogP contribution >= 0.6 is 0 Å². The third kappa shape index (κ3) is 5.13. The number of amides is 2. The molecule has 5 nitrogen and oxygen atoms in total. The van der Waals surface area contributed by atoms with Crippen LogP contribution in [0.1, 0.15) is 45.2 Å². The van der Waals surface area contributed by atoms with Gasteiger partial charge in [-0.25, -0.2) is 4.79 Å². The van der Waals surface area contributed by atoms with Gasteiger partial charge < -0.3 is 20.2 Å². The Kier molecular flexibility index (Phi) is 5.52. The maximum absolute atomic E-state index is 12.2. The van der Waals surface area contributed by atoms with Gasteiger partial charge in [0.2, 0.25) is 0 Å². The van der Waals surface area contributed by atoms with Gasteiger partial charge in [0.1, 0.15) is 0 Å². The third-order valence-electron chi connectivity index (χ3n) is 4.15. The van der Waals surface area contributed by atoms with Gasteiger partial charge in [-0.3, -0.25) is 0 Å². The number of hydrogen-bond donors (Lipinski definition) is 2. The van der Waals surface area contributed by atoms with E-state index in [0.717, 1.165) is 18.7 Å². The molecule has 5 heteroatoms. The maximum atomic E-state index is 12.2. The molecule has 1 aliphatic heterocycles. The fourth-order valence-corrected chi connectivity index (χ4v) is 3.00. The van der Waals surface area contributed by atoms with Gasteiger partial charge in [-0.1, -0.05) is 12.1 Å². The Morgan fingerprint density at radius 3 is 2.65 bits per heavy atom. The predicted octanol–water partition coefficient (Wildman–Crippen LogP) is 2.76. The average molecular weight is 319 g/mol. The summed E-state index contributed by atoms with van der Waals surface area (Å²) in [5, 5.41) is 12.8. The monoisotopic (exact) mass is 319 g/mol. The molecule has 0 aliphatic carbocycles. The number of aliphatic hydroxyl groups is 1. The number of anilines is 1. The highest BCUT2D eigenvalue weighted by atomic mass is 16.3. The Morgan fingerprint density at radius 2 is 2.04 bits per heavy atom. The molecule has 0 spiro atoms. The van der Waals surface area contributed by atoms with Crippen molar-refractivity contribution in [3.05, 3.63) is 29.8 Å². The quantitative estimate of drug-likeness (QED) is 0.877. The lowest BCUT2D eigenvalue weighted by Crippen LogP contribution is -2.45. The van der Waals surface area contributed by atoms with Crippen molar-refractivity contribution >= 4 is 11.7 Å². The molecule has 1 heterocycles. The molecule has 1 unspecified atom stereocenters. The highest BCUT2D eigenvalue weighted by Crippen LogP contribution is 2.24. The molecule has 2 amide bonds. The average Bonchev–Trinajstić information content (AvgIpc) is 2.99. The van der Waals surface area contributed by atoms with Crippen molar-refractivity contribution in [1.29, 1.82) is 0 Å². The first kappa shape index (κ1) is 17.6. The molecule has 1 aromatic rings. The zero-order chi connectivity index (χ0) is 17.0. The Bertz CT molecular complexity index is 533. The number of nitrogens with one attached hydrogen (secondary N) is 1. The second-order valence-electron chi connectivity index (χ2n) is 7.13. The van der Waals surface area contributed by atoms with Crippen molar-refractivity contribution in [2.75, 3.05) is 31.6 Å². The number of nitrogens with zero attached hydrogens (tertiary/aromatic N) is 2. The lowest BCUT2D eigenvalue weighted by molar-refractivity contribution is 0.0528. The van der Waals surface area contributed by atoms with E-state index in [2.05, 4.69) is 22.3 Å². The van der Waals surface area contributed by atoms with Gasteiger partial charge in [-0.15, -0.1) is 0 Å². The topological polar surface area (TPSA) is 55.8 Å².